The third-order valence-electron chi connectivity index (χ3n) is 5.21. The van der Waals surface area contributed by atoms with E-state index in [1.165, 1.54) is 4.90 Å². The van der Waals surface area contributed by atoms with Crippen LogP contribution >= 0.6 is 0 Å². The number of amides is 1. The molecule has 1 unspecified atom stereocenters. The molecule has 2 aromatic carbocycles. The maximum atomic E-state index is 13.0. The van der Waals surface area contributed by atoms with Crippen LogP contribution in [-0.4, -0.2) is 55.7 Å². The van der Waals surface area contributed by atoms with Crippen LogP contribution in [0.5, 0.6) is 11.5 Å². The van der Waals surface area contributed by atoms with E-state index in [0.29, 0.717) is 48.8 Å². The third-order valence-corrected chi connectivity index (χ3v) is 5.21. The number of hydrogen-bond donors (Lipinski definition) is 1. The van der Waals surface area contributed by atoms with Gasteiger partial charge in [-0.05, 0) is 48.4 Å². The van der Waals surface area contributed by atoms with Gasteiger partial charge in [-0.15, -0.1) is 0 Å². The molecule has 1 heterocycles. The van der Waals surface area contributed by atoms with Crippen LogP contribution < -0.4 is 9.47 Å². The summed E-state index contributed by atoms with van der Waals surface area (Å²) in [6.45, 7) is 4.76. The molecule has 2 aromatic rings. The topological polar surface area (TPSA) is 85.3 Å². The molecule has 1 aliphatic rings. The van der Waals surface area contributed by atoms with Crippen LogP contribution in [0.3, 0.4) is 0 Å². The molecule has 0 radical (unpaired) electrons. The fourth-order valence-electron chi connectivity index (χ4n) is 3.64. The van der Waals surface area contributed by atoms with Crippen LogP contribution in [0.15, 0.2) is 66.8 Å². The van der Waals surface area contributed by atoms with Crippen LogP contribution in [0, 0.1) is 0 Å². The van der Waals surface area contributed by atoms with Crippen molar-refractivity contribution in [2.24, 2.45) is 0 Å². The van der Waals surface area contributed by atoms with Gasteiger partial charge in [0, 0.05) is 25.8 Å². The molecule has 1 fully saturated rings. The first-order chi connectivity index (χ1) is 15.5. The number of ketones is 1. The van der Waals surface area contributed by atoms with Crippen molar-refractivity contribution in [2.75, 3.05) is 34.0 Å². The van der Waals surface area contributed by atoms with Gasteiger partial charge in [0.2, 0.25) is 0 Å². The molecule has 32 heavy (non-hydrogen) atoms. The first-order valence-electron chi connectivity index (χ1n) is 10.3. The van der Waals surface area contributed by atoms with Crippen molar-refractivity contribution in [1.29, 1.82) is 0 Å². The molecule has 0 saturated carbocycles. The van der Waals surface area contributed by atoms with Crippen LogP contribution in [0.1, 0.15) is 23.6 Å². The summed E-state index contributed by atoms with van der Waals surface area (Å²) in [5.74, 6) is -0.327. The van der Waals surface area contributed by atoms with Crippen LogP contribution in [0.2, 0.25) is 0 Å². The van der Waals surface area contributed by atoms with Gasteiger partial charge in [-0.3, -0.25) is 9.59 Å². The van der Waals surface area contributed by atoms with Crippen molar-refractivity contribution in [3.8, 4) is 11.5 Å². The smallest absolute Gasteiger partial charge is 0.295 e. The van der Waals surface area contributed by atoms with Crippen molar-refractivity contribution in [1.82, 2.24) is 4.90 Å². The Morgan fingerprint density at radius 3 is 2.31 bits per heavy atom. The summed E-state index contributed by atoms with van der Waals surface area (Å²) in [5, 5.41) is 11.0. The van der Waals surface area contributed by atoms with Gasteiger partial charge in [0.25, 0.3) is 11.7 Å². The van der Waals surface area contributed by atoms with Gasteiger partial charge in [0.1, 0.15) is 23.9 Å². The second-order valence-electron chi connectivity index (χ2n) is 7.24. The molecule has 7 heteroatoms. The lowest BCUT2D eigenvalue weighted by Gasteiger charge is -2.25. The van der Waals surface area contributed by atoms with Gasteiger partial charge in [0.05, 0.1) is 18.7 Å². The molecule has 1 aliphatic heterocycles. The number of carbonyl (C=O) groups is 2. The Bertz CT molecular complexity index is 994. The van der Waals surface area contributed by atoms with Gasteiger partial charge in [-0.2, -0.15) is 0 Å². The molecule has 0 aliphatic carbocycles. The molecular formula is C25H27NO6. The second-order valence-corrected chi connectivity index (χ2v) is 7.24. The highest BCUT2D eigenvalue weighted by atomic mass is 16.5. The largest absolute Gasteiger partial charge is 0.507 e. The predicted molar refractivity (Wildman–Crippen MR) is 121 cm³/mol. The number of hydrogen-bond acceptors (Lipinski definition) is 6. The highest BCUT2D eigenvalue weighted by molar-refractivity contribution is 6.46. The number of benzene rings is 2. The summed E-state index contributed by atoms with van der Waals surface area (Å²) in [5.41, 5.74) is 1.18. The summed E-state index contributed by atoms with van der Waals surface area (Å²) >= 11 is 0. The number of ether oxygens (including phenoxy) is 3. The van der Waals surface area contributed by atoms with E-state index in [1.54, 1.807) is 68.8 Å². The van der Waals surface area contributed by atoms with Crippen LogP contribution in [0.4, 0.5) is 0 Å². The maximum Gasteiger partial charge on any atom is 0.295 e. The molecular weight excluding hydrogens is 410 g/mol. The van der Waals surface area contributed by atoms with Gasteiger partial charge < -0.3 is 24.2 Å². The lowest BCUT2D eigenvalue weighted by Crippen LogP contribution is -2.31. The number of likely N-dealkylation sites (tertiary alicyclic amines) is 1. The normalized spacial score (nSPS) is 17.4. The molecule has 0 spiro atoms. The number of methoxy groups -OCH3 is 2. The first kappa shape index (κ1) is 23.1. The standard InChI is InChI=1S/C25H27NO6/c1-4-15-32-20-12-6-17(7-13-20)22-21(23(27)18-8-10-19(31-3)11-9-18)24(28)25(29)26(22)14-5-16-30-2/h4,6-13,22,27H,1,5,14-16H2,2-3H3. The Balaban J connectivity index is 2.04. The van der Waals surface area contributed by atoms with E-state index in [9.17, 15) is 14.7 Å². The molecule has 7 nitrogen and oxygen atoms in total. The van der Waals surface area contributed by atoms with E-state index in [0.717, 1.165) is 0 Å². The number of rotatable bonds is 10. The van der Waals surface area contributed by atoms with Gasteiger partial charge >= 0.3 is 0 Å². The molecule has 1 atom stereocenters. The zero-order valence-corrected chi connectivity index (χ0v) is 18.2. The molecule has 3 rings (SSSR count). The third kappa shape index (κ3) is 4.84. The van der Waals surface area contributed by atoms with Gasteiger partial charge in [-0.25, -0.2) is 0 Å². The highest BCUT2D eigenvalue weighted by Crippen LogP contribution is 2.40. The summed E-state index contributed by atoms with van der Waals surface area (Å²) < 4.78 is 15.8. The Labute approximate surface area is 187 Å². The average Bonchev–Trinajstić information content (AvgIpc) is 3.08. The number of Topliss-reactive ketones (excluding diaryl/α,β-unsaturated/α-hetero) is 1. The van der Waals surface area contributed by atoms with Crippen LogP contribution in [0.25, 0.3) is 5.76 Å². The molecule has 0 aromatic heterocycles. The Morgan fingerprint density at radius 2 is 1.72 bits per heavy atom. The number of aliphatic hydroxyl groups excluding tert-OH is 1. The van der Waals surface area contributed by atoms with Gasteiger partial charge in [0.15, 0.2) is 0 Å². The van der Waals surface area contributed by atoms with E-state index in [-0.39, 0.29) is 11.3 Å². The van der Waals surface area contributed by atoms with Gasteiger partial charge in [-0.1, -0.05) is 24.8 Å². The number of aliphatic hydroxyl groups is 1. The molecule has 168 valence electrons. The summed E-state index contributed by atoms with van der Waals surface area (Å²) in [6.07, 6.45) is 2.20. The van der Waals surface area contributed by atoms with Crippen molar-refractivity contribution < 1.29 is 28.9 Å². The minimum absolute atomic E-state index is 0.0531. The first-order valence-corrected chi connectivity index (χ1v) is 10.3. The van der Waals surface area contributed by atoms with E-state index >= 15 is 0 Å². The summed E-state index contributed by atoms with van der Waals surface area (Å²) in [4.78, 5) is 27.3. The zero-order valence-electron chi connectivity index (χ0n) is 18.2. The summed E-state index contributed by atoms with van der Waals surface area (Å²) in [7, 11) is 3.13. The molecule has 1 N–H and O–H groups in total. The van der Waals surface area contributed by atoms with Crippen molar-refractivity contribution in [3.63, 3.8) is 0 Å². The van der Waals surface area contributed by atoms with Crippen molar-refractivity contribution >= 4 is 17.4 Å². The molecule has 1 saturated heterocycles. The maximum absolute atomic E-state index is 13.0. The van der Waals surface area contributed by atoms with Crippen molar-refractivity contribution in [3.05, 3.63) is 77.9 Å². The van der Waals surface area contributed by atoms with E-state index in [4.69, 9.17) is 14.2 Å². The molecule has 1 amide bonds. The lowest BCUT2D eigenvalue weighted by molar-refractivity contribution is -0.140. The van der Waals surface area contributed by atoms with Crippen molar-refractivity contribution in [2.45, 2.75) is 12.5 Å². The average molecular weight is 437 g/mol. The van der Waals surface area contributed by atoms with E-state index in [2.05, 4.69) is 6.58 Å². The highest BCUT2D eigenvalue weighted by Gasteiger charge is 2.45. The number of nitrogens with zero attached hydrogens (tertiary/aromatic N) is 1. The Kier molecular flexibility index (Phi) is 7.68. The Hall–Kier alpha value is -3.58. The SMILES string of the molecule is C=CCOc1ccc(C2C(=C(O)c3ccc(OC)cc3)C(=O)C(=O)N2CCCOC)cc1. The fraction of sp³-hybridized carbons (Fsp3) is 0.280. The quantitative estimate of drug-likeness (QED) is 0.201. The van der Waals surface area contributed by atoms with Crippen LogP contribution in [-0.2, 0) is 14.3 Å². The minimum Gasteiger partial charge on any atom is -0.507 e. The minimum atomic E-state index is -0.720. The monoisotopic (exact) mass is 437 g/mol. The number of carbonyl (C=O) groups excluding carboxylic acids is 2. The molecule has 0 bridgehead atoms. The summed E-state index contributed by atoms with van der Waals surface area (Å²) in [6, 6.07) is 13.1. The predicted octanol–water partition coefficient (Wildman–Crippen LogP) is 3.72. The lowest BCUT2D eigenvalue weighted by atomic mass is 9.95. The Morgan fingerprint density at radius 1 is 1.06 bits per heavy atom. The second kappa shape index (κ2) is 10.6. The fourth-order valence-corrected chi connectivity index (χ4v) is 3.64. The zero-order chi connectivity index (χ0) is 23.1. The van der Waals surface area contributed by atoms with E-state index < -0.39 is 17.7 Å². The van der Waals surface area contributed by atoms with E-state index in [1.807, 2.05) is 0 Å².